The Morgan fingerprint density at radius 2 is 1.50 bits per heavy atom. The van der Waals surface area contributed by atoms with Crippen LogP contribution < -0.4 is 0 Å². The number of rotatable bonds is 3. The molecule has 2 fully saturated rings. The van der Waals surface area contributed by atoms with Gasteiger partial charge in [0.15, 0.2) is 0 Å². The standard InChI is InChI=1S/C17H20BrN3O5/c1-10-15(16(18)11(2)26-10)17(25)20-7-5-19(6-8-20)14(24)9-21-12(22)3-4-13(21)23/h3-9H2,1-2H3. The minimum Gasteiger partial charge on any atom is -0.465 e. The Labute approximate surface area is 159 Å². The lowest BCUT2D eigenvalue weighted by Gasteiger charge is -2.35. The number of imide groups is 1. The molecule has 0 N–H and O–H groups in total. The summed E-state index contributed by atoms with van der Waals surface area (Å²) in [6.45, 7) is 4.84. The number of piperazine rings is 1. The van der Waals surface area contributed by atoms with Crippen LogP contribution in [0.15, 0.2) is 8.89 Å². The third-order valence-corrected chi connectivity index (χ3v) is 5.72. The van der Waals surface area contributed by atoms with Gasteiger partial charge in [-0.3, -0.25) is 24.1 Å². The third-order valence-electron chi connectivity index (χ3n) is 4.77. The lowest BCUT2D eigenvalue weighted by atomic mass is 10.2. The van der Waals surface area contributed by atoms with Crippen LogP contribution in [0.25, 0.3) is 0 Å². The average molecular weight is 426 g/mol. The number of carbonyl (C=O) groups excluding carboxylic acids is 4. The number of hydrogen-bond donors (Lipinski definition) is 0. The van der Waals surface area contributed by atoms with E-state index in [1.807, 2.05) is 0 Å². The number of halogens is 1. The SMILES string of the molecule is Cc1oc(C)c(C(=O)N2CCN(C(=O)CN3C(=O)CCC3=O)CC2)c1Br. The fourth-order valence-electron chi connectivity index (χ4n) is 3.25. The van der Waals surface area contributed by atoms with E-state index in [1.54, 1.807) is 23.6 Å². The highest BCUT2D eigenvalue weighted by molar-refractivity contribution is 9.10. The van der Waals surface area contributed by atoms with Gasteiger partial charge in [0.05, 0.1) is 10.0 Å². The second kappa shape index (κ2) is 7.22. The number of carbonyl (C=O) groups is 4. The molecule has 9 heteroatoms. The van der Waals surface area contributed by atoms with Crippen LogP contribution in [0.1, 0.15) is 34.7 Å². The molecule has 0 bridgehead atoms. The summed E-state index contributed by atoms with van der Waals surface area (Å²) < 4.78 is 6.14. The van der Waals surface area contributed by atoms with Crippen molar-refractivity contribution in [2.45, 2.75) is 26.7 Å². The molecule has 8 nitrogen and oxygen atoms in total. The van der Waals surface area contributed by atoms with E-state index in [-0.39, 0.29) is 43.0 Å². The van der Waals surface area contributed by atoms with Gasteiger partial charge >= 0.3 is 0 Å². The van der Waals surface area contributed by atoms with Crippen LogP contribution in [0.2, 0.25) is 0 Å². The zero-order valence-corrected chi connectivity index (χ0v) is 16.3. The fourth-order valence-corrected chi connectivity index (χ4v) is 3.78. The van der Waals surface area contributed by atoms with E-state index in [4.69, 9.17) is 4.42 Å². The molecule has 0 spiro atoms. The van der Waals surface area contributed by atoms with E-state index < -0.39 is 0 Å². The number of aryl methyl sites for hydroxylation is 2. The monoisotopic (exact) mass is 425 g/mol. The minimum atomic E-state index is -0.298. The lowest BCUT2D eigenvalue weighted by Crippen LogP contribution is -2.53. The lowest BCUT2D eigenvalue weighted by molar-refractivity contribution is -0.146. The summed E-state index contributed by atoms with van der Waals surface area (Å²) in [5, 5.41) is 0. The van der Waals surface area contributed by atoms with Gasteiger partial charge in [-0.15, -0.1) is 0 Å². The molecule has 2 aliphatic rings. The third kappa shape index (κ3) is 3.40. The second-order valence-electron chi connectivity index (χ2n) is 6.45. The average Bonchev–Trinajstić information content (AvgIpc) is 3.06. The van der Waals surface area contributed by atoms with Crippen LogP contribution in [-0.4, -0.2) is 71.1 Å². The molecule has 3 heterocycles. The first-order chi connectivity index (χ1) is 12.3. The van der Waals surface area contributed by atoms with Gasteiger partial charge in [0.2, 0.25) is 17.7 Å². The maximum Gasteiger partial charge on any atom is 0.258 e. The highest BCUT2D eigenvalue weighted by Crippen LogP contribution is 2.28. The molecule has 0 aromatic carbocycles. The summed E-state index contributed by atoms with van der Waals surface area (Å²) >= 11 is 3.39. The number of nitrogens with zero attached hydrogens (tertiary/aromatic N) is 3. The van der Waals surface area contributed by atoms with Crippen LogP contribution in [0.3, 0.4) is 0 Å². The Kier molecular flexibility index (Phi) is 5.17. The molecule has 0 saturated carbocycles. The van der Waals surface area contributed by atoms with E-state index in [9.17, 15) is 19.2 Å². The highest BCUT2D eigenvalue weighted by Gasteiger charge is 2.33. The van der Waals surface area contributed by atoms with E-state index in [0.717, 1.165) is 4.90 Å². The van der Waals surface area contributed by atoms with Gasteiger partial charge in [-0.25, -0.2) is 0 Å². The predicted octanol–water partition coefficient (Wildman–Crippen LogP) is 1.09. The van der Waals surface area contributed by atoms with E-state index >= 15 is 0 Å². The van der Waals surface area contributed by atoms with Gasteiger partial charge in [0.1, 0.15) is 18.1 Å². The van der Waals surface area contributed by atoms with Gasteiger partial charge in [-0.1, -0.05) is 0 Å². The van der Waals surface area contributed by atoms with Crippen LogP contribution in [0.4, 0.5) is 0 Å². The van der Waals surface area contributed by atoms with Crippen molar-refractivity contribution in [3.63, 3.8) is 0 Å². The first kappa shape index (κ1) is 18.6. The van der Waals surface area contributed by atoms with Crippen molar-refractivity contribution in [1.29, 1.82) is 0 Å². The summed E-state index contributed by atoms with van der Waals surface area (Å²) in [6.07, 6.45) is 0.347. The Bertz CT molecular complexity index is 764. The van der Waals surface area contributed by atoms with Gasteiger partial charge < -0.3 is 14.2 Å². The quantitative estimate of drug-likeness (QED) is 0.675. The molecule has 140 valence electrons. The Morgan fingerprint density at radius 1 is 0.962 bits per heavy atom. The van der Waals surface area contributed by atoms with Gasteiger partial charge in [0.25, 0.3) is 5.91 Å². The molecular formula is C17H20BrN3O5. The van der Waals surface area contributed by atoms with Gasteiger partial charge in [-0.05, 0) is 29.8 Å². The molecule has 0 unspecified atom stereocenters. The molecule has 0 aliphatic carbocycles. The zero-order chi connectivity index (χ0) is 19.0. The fraction of sp³-hybridized carbons (Fsp3) is 0.529. The number of hydrogen-bond acceptors (Lipinski definition) is 5. The number of amides is 4. The molecule has 2 aliphatic heterocycles. The van der Waals surface area contributed by atoms with Crippen molar-refractivity contribution in [1.82, 2.24) is 14.7 Å². The smallest absolute Gasteiger partial charge is 0.258 e. The molecule has 4 amide bonds. The molecule has 2 saturated heterocycles. The van der Waals surface area contributed by atoms with E-state index in [0.29, 0.717) is 47.7 Å². The molecule has 0 radical (unpaired) electrons. The van der Waals surface area contributed by atoms with Crippen molar-refractivity contribution in [3.8, 4) is 0 Å². The maximum atomic E-state index is 12.7. The maximum absolute atomic E-state index is 12.7. The molecule has 1 aromatic heterocycles. The predicted molar refractivity (Wildman–Crippen MR) is 94.3 cm³/mol. The van der Waals surface area contributed by atoms with Crippen LogP contribution in [0, 0.1) is 13.8 Å². The van der Waals surface area contributed by atoms with Crippen molar-refractivity contribution >= 4 is 39.6 Å². The first-order valence-corrected chi connectivity index (χ1v) is 9.24. The van der Waals surface area contributed by atoms with Crippen LogP contribution in [0.5, 0.6) is 0 Å². The summed E-state index contributed by atoms with van der Waals surface area (Å²) in [5.74, 6) is 0.213. The molecular weight excluding hydrogens is 406 g/mol. The Morgan fingerprint density at radius 3 is 2.00 bits per heavy atom. The summed E-state index contributed by atoms with van der Waals surface area (Å²) in [7, 11) is 0. The Balaban J connectivity index is 1.58. The van der Waals surface area contributed by atoms with E-state index in [1.165, 1.54) is 0 Å². The van der Waals surface area contributed by atoms with Gasteiger partial charge in [-0.2, -0.15) is 0 Å². The molecule has 3 rings (SSSR count). The summed E-state index contributed by atoms with van der Waals surface area (Å²) in [4.78, 5) is 52.6. The van der Waals surface area contributed by atoms with Crippen molar-refractivity contribution in [3.05, 3.63) is 21.6 Å². The summed E-state index contributed by atoms with van der Waals surface area (Å²) in [6, 6.07) is 0. The normalized spacial score (nSPS) is 18.0. The van der Waals surface area contributed by atoms with Crippen molar-refractivity contribution in [2.24, 2.45) is 0 Å². The molecule has 0 atom stereocenters. The van der Waals surface area contributed by atoms with E-state index in [2.05, 4.69) is 15.9 Å². The van der Waals surface area contributed by atoms with Crippen LogP contribution >= 0.6 is 15.9 Å². The highest BCUT2D eigenvalue weighted by atomic mass is 79.9. The topological polar surface area (TPSA) is 91.1 Å². The van der Waals surface area contributed by atoms with Crippen molar-refractivity contribution < 1.29 is 23.6 Å². The minimum absolute atomic E-state index is 0.136. The van der Waals surface area contributed by atoms with Crippen molar-refractivity contribution in [2.75, 3.05) is 32.7 Å². The molecule has 26 heavy (non-hydrogen) atoms. The van der Waals surface area contributed by atoms with Crippen LogP contribution in [-0.2, 0) is 14.4 Å². The molecule has 1 aromatic rings. The first-order valence-electron chi connectivity index (χ1n) is 8.45. The largest absolute Gasteiger partial charge is 0.465 e. The zero-order valence-electron chi connectivity index (χ0n) is 14.7. The van der Waals surface area contributed by atoms with Gasteiger partial charge in [0, 0.05) is 39.0 Å². The summed E-state index contributed by atoms with van der Waals surface area (Å²) in [5.41, 5.74) is 0.510. The number of furan rings is 1. The Hall–Kier alpha value is -2.16. The number of likely N-dealkylation sites (tertiary alicyclic amines) is 1. The second-order valence-corrected chi connectivity index (χ2v) is 7.24.